The first-order valence-corrected chi connectivity index (χ1v) is 7.30. The summed E-state index contributed by atoms with van der Waals surface area (Å²) in [5.74, 6) is 0.0600. The van der Waals surface area contributed by atoms with Gasteiger partial charge in [-0.2, -0.15) is 0 Å². The summed E-state index contributed by atoms with van der Waals surface area (Å²) in [6.07, 6.45) is 7.56. The number of rotatable bonds is 7. The first kappa shape index (κ1) is 14.9. The Morgan fingerprint density at radius 1 is 1.55 bits per heavy atom. The molecular formula is C15H23N3O2. The molecule has 5 nitrogen and oxygen atoms in total. The molecule has 20 heavy (non-hydrogen) atoms. The van der Waals surface area contributed by atoms with Crippen LogP contribution in [-0.2, 0) is 11.3 Å². The van der Waals surface area contributed by atoms with E-state index in [0.717, 1.165) is 37.8 Å². The lowest BCUT2D eigenvalue weighted by Crippen LogP contribution is -2.39. The molecule has 1 aromatic rings. The maximum Gasteiger partial charge on any atom is 0.234 e. The minimum absolute atomic E-state index is 0.0600. The number of aromatic nitrogens is 1. The van der Waals surface area contributed by atoms with Crippen molar-refractivity contribution < 1.29 is 9.90 Å². The van der Waals surface area contributed by atoms with E-state index in [1.807, 2.05) is 12.1 Å². The monoisotopic (exact) mass is 277 g/mol. The highest BCUT2D eigenvalue weighted by atomic mass is 16.3. The van der Waals surface area contributed by atoms with Crippen molar-refractivity contribution in [2.45, 2.75) is 38.3 Å². The number of pyridine rings is 1. The van der Waals surface area contributed by atoms with Gasteiger partial charge in [0.25, 0.3) is 0 Å². The van der Waals surface area contributed by atoms with Crippen LogP contribution in [0.5, 0.6) is 0 Å². The Labute approximate surface area is 120 Å². The Hall–Kier alpha value is -1.46. The van der Waals surface area contributed by atoms with Crippen LogP contribution in [0.4, 0.5) is 0 Å². The van der Waals surface area contributed by atoms with Gasteiger partial charge in [0.2, 0.25) is 5.91 Å². The van der Waals surface area contributed by atoms with Crippen LogP contribution in [0.15, 0.2) is 24.5 Å². The summed E-state index contributed by atoms with van der Waals surface area (Å²) >= 11 is 0. The molecule has 2 rings (SSSR count). The zero-order valence-corrected chi connectivity index (χ0v) is 11.8. The average Bonchev–Trinajstić information content (AvgIpc) is 2.91. The number of likely N-dealkylation sites (tertiary alicyclic amines) is 1. The Morgan fingerprint density at radius 3 is 3.20 bits per heavy atom. The van der Waals surface area contributed by atoms with Crippen LogP contribution in [0.1, 0.15) is 31.2 Å². The largest absolute Gasteiger partial charge is 0.396 e. The maximum absolute atomic E-state index is 12.0. The van der Waals surface area contributed by atoms with Crippen molar-refractivity contribution in [3.63, 3.8) is 0 Å². The van der Waals surface area contributed by atoms with E-state index in [2.05, 4.69) is 15.2 Å². The molecule has 5 heteroatoms. The topological polar surface area (TPSA) is 65.5 Å². The normalized spacial score (nSPS) is 19.1. The van der Waals surface area contributed by atoms with E-state index >= 15 is 0 Å². The maximum atomic E-state index is 12.0. The van der Waals surface area contributed by atoms with Crippen molar-refractivity contribution in [2.75, 3.05) is 19.7 Å². The third kappa shape index (κ3) is 4.58. The smallest absolute Gasteiger partial charge is 0.234 e. The highest BCUT2D eigenvalue weighted by Crippen LogP contribution is 2.20. The fraction of sp³-hybridized carbons (Fsp3) is 0.600. The number of aliphatic hydroxyl groups is 1. The molecule has 0 saturated carbocycles. The van der Waals surface area contributed by atoms with Crippen LogP contribution in [0.2, 0.25) is 0 Å². The molecule has 0 spiro atoms. The van der Waals surface area contributed by atoms with E-state index in [9.17, 15) is 4.79 Å². The second-order valence-corrected chi connectivity index (χ2v) is 5.27. The molecule has 2 heterocycles. The van der Waals surface area contributed by atoms with E-state index < -0.39 is 0 Å². The molecule has 0 aliphatic carbocycles. The fourth-order valence-corrected chi connectivity index (χ4v) is 2.70. The van der Waals surface area contributed by atoms with Gasteiger partial charge in [-0.3, -0.25) is 14.7 Å². The van der Waals surface area contributed by atoms with Gasteiger partial charge in [0, 0.05) is 31.6 Å². The Balaban J connectivity index is 1.73. The summed E-state index contributed by atoms with van der Waals surface area (Å²) in [6.45, 7) is 2.20. The molecular weight excluding hydrogens is 254 g/mol. The second kappa shape index (κ2) is 7.97. The lowest BCUT2D eigenvalue weighted by Gasteiger charge is -2.23. The minimum Gasteiger partial charge on any atom is -0.396 e. The van der Waals surface area contributed by atoms with Gasteiger partial charge in [-0.25, -0.2) is 0 Å². The van der Waals surface area contributed by atoms with Gasteiger partial charge in [0.05, 0.1) is 6.54 Å². The SMILES string of the molecule is O=C(CN1CCC[C@@H]1CCCO)NCc1cccnc1. The van der Waals surface area contributed by atoms with Crippen molar-refractivity contribution in [3.05, 3.63) is 30.1 Å². The molecule has 1 aromatic heterocycles. The summed E-state index contributed by atoms with van der Waals surface area (Å²) in [6, 6.07) is 4.27. The third-order valence-corrected chi connectivity index (χ3v) is 3.75. The average molecular weight is 277 g/mol. The number of hydrogen-bond acceptors (Lipinski definition) is 4. The van der Waals surface area contributed by atoms with E-state index in [1.165, 1.54) is 0 Å². The van der Waals surface area contributed by atoms with Crippen LogP contribution in [0.3, 0.4) is 0 Å². The van der Waals surface area contributed by atoms with Crippen LogP contribution in [0.25, 0.3) is 0 Å². The first-order valence-electron chi connectivity index (χ1n) is 7.30. The molecule has 1 amide bonds. The predicted molar refractivity (Wildman–Crippen MR) is 77.0 cm³/mol. The number of carbonyl (C=O) groups excluding carboxylic acids is 1. The zero-order valence-electron chi connectivity index (χ0n) is 11.8. The molecule has 1 saturated heterocycles. The molecule has 2 N–H and O–H groups in total. The number of nitrogens with zero attached hydrogens (tertiary/aromatic N) is 2. The zero-order chi connectivity index (χ0) is 14.2. The molecule has 1 atom stereocenters. The molecule has 0 bridgehead atoms. The summed E-state index contributed by atoms with van der Waals surface area (Å²) in [4.78, 5) is 18.2. The van der Waals surface area contributed by atoms with Crippen molar-refractivity contribution in [2.24, 2.45) is 0 Å². The Morgan fingerprint density at radius 2 is 2.45 bits per heavy atom. The van der Waals surface area contributed by atoms with Gasteiger partial charge in [0.15, 0.2) is 0 Å². The van der Waals surface area contributed by atoms with E-state index in [4.69, 9.17) is 5.11 Å². The van der Waals surface area contributed by atoms with Gasteiger partial charge in [-0.05, 0) is 43.9 Å². The molecule has 1 aliphatic rings. The number of amides is 1. The quantitative estimate of drug-likeness (QED) is 0.778. The van der Waals surface area contributed by atoms with Gasteiger partial charge >= 0.3 is 0 Å². The fourth-order valence-electron chi connectivity index (χ4n) is 2.70. The Bertz CT molecular complexity index is 411. The van der Waals surface area contributed by atoms with Crippen LogP contribution < -0.4 is 5.32 Å². The van der Waals surface area contributed by atoms with E-state index in [0.29, 0.717) is 19.1 Å². The van der Waals surface area contributed by atoms with Crippen molar-refractivity contribution >= 4 is 5.91 Å². The van der Waals surface area contributed by atoms with Gasteiger partial charge in [0.1, 0.15) is 0 Å². The van der Waals surface area contributed by atoms with E-state index in [-0.39, 0.29) is 12.5 Å². The molecule has 0 aromatic carbocycles. The molecule has 1 aliphatic heterocycles. The summed E-state index contributed by atoms with van der Waals surface area (Å²) < 4.78 is 0. The number of hydrogen-bond donors (Lipinski definition) is 2. The van der Waals surface area contributed by atoms with E-state index in [1.54, 1.807) is 12.4 Å². The molecule has 0 radical (unpaired) electrons. The highest BCUT2D eigenvalue weighted by Gasteiger charge is 2.25. The third-order valence-electron chi connectivity index (χ3n) is 3.75. The molecule has 0 unspecified atom stereocenters. The Kier molecular flexibility index (Phi) is 5.95. The van der Waals surface area contributed by atoms with Gasteiger partial charge in [-0.1, -0.05) is 6.07 Å². The lowest BCUT2D eigenvalue weighted by atomic mass is 10.1. The van der Waals surface area contributed by atoms with Crippen LogP contribution in [0, 0.1) is 0 Å². The standard InChI is InChI=1S/C15H23N3O2/c19-9-3-6-14-5-2-8-18(14)12-15(20)17-11-13-4-1-7-16-10-13/h1,4,7,10,14,19H,2-3,5-6,8-9,11-12H2,(H,17,20)/t14-/m1/s1. The highest BCUT2D eigenvalue weighted by molar-refractivity contribution is 5.78. The number of nitrogens with one attached hydrogen (secondary N) is 1. The van der Waals surface area contributed by atoms with Crippen LogP contribution in [-0.4, -0.2) is 46.6 Å². The summed E-state index contributed by atoms with van der Waals surface area (Å²) in [5.41, 5.74) is 1.01. The lowest BCUT2D eigenvalue weighted by molar-refractivity contribution is -0.122. The molecule has 1 fully saturated rings. The van der Waals surface area contributed by atoms with Crippen molar-refractivity contribution in [1.82, 2.24) is 15.2 Å². The van der Waals surface area contributed by atoms with Crippen LogP contribution >= 0.6 is 0 Å². The van der Waals surface area contributed by atoms with Gasteiger partial charge in [-0.15, -0.1) is 0 Å². The number of carbonyl (C=O) groups is 1. The molecule has 110 valence electrons. The summed E-state index contributed by atoms with van der Waals surface area (Å²) in [7, 11) is 0. The summed E-state index contributed by atoms with van der Waals surface area (Å²) in [5, 5.41) is 11.8. The van der Waals surface area contributed by atoms with Gasteiger partial charge < -0.3 is 10.4 Å². The van der Waals surface area contributed by atoms with Crippen molar-refractivity contribution in [1.29, 1.82) is 0 Å². The minimum atomic E-state index is 0.0600. The first-order chi connectivity index (χ1) is 9.79. The number of aliphatic hydroxyl groups excluding tert-OH is 1. The van der Waals surface area contributed by atoms with Crippen molar-refractivity contribution in [3.8, 4) is 0 Å². The second-order valence-electron chi connectivity index (χ2n) is 5.27. The predicted octanol–water partition coefficient (Wildman–Crippen LogP) is 0.935.